The van der Waals surface area contributed by atoms with Crippen molar-refractivity contribution in [1.82, 2.24) is 9.97 Å². The van der Waals surface area contributed by atoms with Gasteiger partial charge in [0.1, 0.15) is 10.7 Å². The van der Waals surface area contributed by atoms with Crippen LogP contribution >= 0.6 is 11.6 Å². The maximum Gasteiger partial charge on any atom is 0.227 e. The number of aliphatic hydroxyl groups is 1. The minimum atomic E-state index is -1.17. The number of hydrogen-bond donors (Lipinski definition) is 2. The second-order valence-electron chi connectivity index (χ2n) is 11.3. The molecule has 1 saturated heterocycles. The maximum atomic E-state index is 13.2. The summed E-state index contributed by atoms with van der Waals surface area (Å²) in [6.45, 7) is 6.06. The summed E-state index contributed by atoms with van der Waals surface area (Å²) in [7, 11) is -1.17. The van der Waals surface area contributed by atoms with Crippen molar-refractivity contribution in [3.05, 3.63) is 40.5 Å². The molecule has 33 heavy (non-hydrogen) atoms. The molecule has 0 radical (unpaired) electrons. The van der Waals surface area contributed by atoms with Gasteiger partial charge in [-0.05, 0) is 69.6 Å². The van der Waals surface area contributed by atoms with Gasteiger partial charge in [-0.15, -0.1) is 0 Å². The molecule has 2 aliphatic heterocycles. The number of hydrogen-bond acceptors (Lipinski definition) is 6. The Morgan fingerprint density at radius 2 is 1.88 bits per heavy atom. The second-order valence-corrected chi connectivity index (χ2v) is 13.8. The highest BCUT2D eigenvalue weighted by atomic mass is 35.5. The van der Waals surface area contributed by atoms with Gasteiger partial charge in [-0.3, -0.25) is 4.21 Å². The molecule has 2 N–H and O–H groups in total. The summed E-state index contributed by atoms with van der Waals surface area (Å²) in [5.74, 6) is 2.01. The van der Waals surface area contributed by atoms with E-state index < -0.39 is 10.8 Å². The number of anilines is 2. The molecular formula is C25H31ClN4O2S. The minimum absolute atomic E-state index is 0.0655. The fraction of sp³-hybridized carbons (Fsp3) is 0.600. The molecule has 4 aliphatic rings. The van der Waals surface area contributed by atoms with Gasteiger partial charge in [-0.1, -0.05) is 23.7 Å². The van der Waals surface area contributed by atoms with Crippen LogP contribution in [0.2, 0.25) is 5.02 Å². The summed E-state index contributed by atoms with van der Waals surface area (Å²) in [6, 6.07) is 8.26. The van der Waals surface area contributed by atoms with E-state index in [2.05, 4.69) is 22.3 Å². The van der Waals surface area contributed by atoms with Crippen LogP contribution in [0.5, 0.6) is 0 Å². The van der Waals surface area contributed by atoms with Crippen molar-refractivity contribution in [2.24, 2.45) is 5.41 Å². The molecule has 1 unspecified atom stereocenters. The van der Waals surface area contributed by atoms with Gasteiger partial charge in [-0.2, -0.15) is 4.98 Å². The topological polar surface area (TPSA) is 78.3 Å². The summed E-state index contributed by atoms with van der Waals surface area (Å²) >= 11 is 6.04. The molecule has 8 heteroatoms. The maximum absolute atomic E-state index is 13.2. The number of nitrogens with one attached hydrogen (secondary N) is 1. The van der Waals surface area contributed by atoms with E-state index in [9.17, 15) is 9.32 Å². The first-order valence-corrected chi connectivity index (χ1v) is 13.5. The summed E-state index contributed by atoms with van der Waals surface area (Å²) in [4.78, 5) is 12.8. The number of halogens is 1. The van der Waals surface area contributed by atoms with Crippen LogP contribution < -0.4 is 10.2 Å². The zero-order chi connectivity index (χ0) is 23.0. The normalized spacial score (nSPS) is 26.3. The fourth-order valence-electron chi connectivity index (χ4n) is 6.07. The fourth-order valence-corrected chi connectivity index (χ4v) is 7.62. The van der Waals surface area contributed by atoms with Crippen LogP contribution in [0.3, 0.4) is 0 Å². The lowest BCUT2D eigenvalue weighted by Gasteiger charge is -2.59. The molecule has 1 aromatic carbocycles. The van der Waals surface area contributed by atoms with Crippen LogP contribution in [-0.4, -0.2) is 49.3 Å². The molecule has 0 amide bonds. The Morgan fingerprint density at radius 3 is 2.48 bits per heavy atom. The van der Waals surface area contributed by atoms with Crippen LogP contribution in [0, 0.1) is 5.41 Å². The van der Waals surface area contributed by atoms with Crippen LogP contribution in [-0.2, 0) is 17.2 Å². The van der Waals surface area contributed by atoms with Crippen LogP contribution in [0.15, 0.2) is 29.2 Å². The molecule has 2 saturated carbocycles. The smallest absolute Gasteiger partial charge is 0.227 e. The van der Waals surface area contributed by atoms with Crippen LogP contribution in [0.1, 0.15) is 63.1 Å². The second kappa shape index (κ2) is 7.40. The standard InChI is InChI=1S/C25H31ClN4O2S/c1-23(2)12-19-20(33(23)32)21(29-25(15-31)8-3-9-25)28-22(27-19)30-13-24(14-30)10-17(11-24)16-4-6-18(26)7-5-16/h4-7,17,31H,3,8-15H2,1-2H3,(H,27,28,29). The van der Waals surface area contributed by atoms with Crippen molar-refractivity contribution >= 4 is 34.2 Å². The third-order valence-corrected chi connectivity index (χ3v) is 10.4. The minimum Gasteiger partial charge on any atom is -0.394 e. The number of aliphatic hydroxyl groups excluding tert-OH is 1. The van der Waals surface area contributed by atoms with E-state index in [1.54, 1.807) is 0 Å². The third-order valence-electron chi connectivity index (χ3n) is 8.24. The Hall–Kier alpha value is -1.70. The average Bonchev–Trinajstić information content (AvgIpc) is 2.92. The summed E-state index contributed by atoms with van der Waals surface area (Å²) in [6.07, 6.45) is 5.96. The first kappa shape index (κ1) is 21.8. The molecule has 3 heterocycles. The summed E-state index contributed by atoms with van der Waals surface area (Å²) < 4.78 is 12.9. The van der Waals surface area contributed by atoms with Gasteiger partial charge < -0.3 is 15.3 Å². The molecule has 0 bridgehead atoms. The molecule has 3 fully saturated rings. The van der Waals surface area contributed by atoms with Crippen molar-refractivity contribution < 1.29 is 9.32 Å². The Bertz CT molecular complexity index is 1110. The number of fused-ring (bicyclic) bond motifs is 1. The van der Waals surface area contributed by atoms with Gasteiger partial charge in [0.15, 0.2) is 0 Å². The lowest BCUT2D eigenvalue weighted by atomic mass is 9.56. The highest BCUT2D eigenvalue weighted by Gasteiger charge is 2.54. The van der Waals surface area contributed by atoms with Gasteiger partial charge in [0.2, 0.25) is 5.95 Å². The van der Waals surface area contributed by atoms with E-state index in [1.807, 2.05) is 26.0 Å². The number of nitrogens with zero attached hydrogens (tertiary/aromatic N) is 3. The SMILES string of the molecule is CC1(C)Cc2nc(N3CC4(CC(c5ccc(Cl)cc5)C4)C3)nc(NC3(CO)CCC3)c2S1=O. The van der Waals surface area contributed by atoms with Crippen molar-refractivity contribution in [1.29, 1.82) is 0 Å². The Kier molecular flexibility index (Phi) is 4.89. The van der Waals surface area contributed by atoms with Crippen molar-refractivity contribution in [3.8, 4) is 0 Å². The van der Waals surface area contributed by atoms with Gasteiger partial charge in [0.05, 0.1) is 33.4 Å². The number of rotatable bonds is 5. The Balaban J connectivity index is 1.22. The predicted molar refractivity (Wildman–Crippen MR) is 132 cm³/mol. The molecule has 1 spiro atoms. The molecule has 2 aliphatic carbocycles. The largest absolute Gasteiger partial charge is 0.394 e. The van der Waals surface area contributed by atoms with Crippen molar-refractivity contribution in [3.63, 3.8) is 0 Å². The van der Waals surface area contributed by atoms with Gasteiger partial charge in [-0.25, -0.2) is 4.98 Å². The van der Waals surface area contributed by atoms with Crippen molar-refractivity contribution in [2.45, 2.75) is 73.5 Å². The molecule has 176 valence electrons. The number of benzene rings is 1. The molecule has 1 atom stereocenters. The number of aromatic nitrogens is 2. The predicted octanol–water partition coefficient (Wildman–Crippen LogP) is 4.28. The van der Waals surface area contributed by atoms with Gasteiger partial charge in [0.25, 0.3) is 0 Å². The Morgan fingerprint density at radius 1 is 1.18 bits per heavy atom. The molecular weight excluding hydrogens is 456 g/mol. The zero-order valence-electron chi connectivity index (χ0n) is 19.2. The van der Waals surface area contributed by atoms with Gasteiger partial charge in [0, 0.05) is 29.9 Å². The summed E-state index contributed by atoms with van der Waals surface area (Å²) in [5.41, 5.74) is 2.28. The third kappa shape index (κ3) is 3.50. The van der Waals surface area contributed by atoms with E-state index in [0.29, 0.717) is 23.6 Å². The van der Waals surface area contributed by atoms with E-state index in [1.165, 1.54) is 18.4 Å². The highest BCUT2D eigenvalue weighted by Crippen LogP contribution is 2.56. The van der Waals surface area contributed by atoms with Crippen LogP contribution in [0.4, 0.5) is 11.8 Å². The lowest BCUT2D eigenvalue weighted by molar-refractivity contribution is 0.0619. The summed E-state index contributed by atoms with van der Waals surface area (Å²) in [5, 5.41) is 14.3. The van der Waals surface area contributed by atoms with E-state index in [-0.39, 0.29) is 16.9 Å². The first-order chi connectivity index (χ1) is 15.7. The monoisotopic (exact) mass is 486 g/mol. The van der Waals surface area contributed by atoms with Gasteiger partial charge >= 0.3 is 0 Å². The van der Waals surface area contributed by atoms with E-state index in [4.69, 9.17) is 21.6 Å². The van der Waals surface area contributed by atoms with E-state index >= 15 is 0 Å². The highest BCUT2D eigenvalue weighted by molar-refractivity contribution is 7.87. The first-order valence-electron chi connectivity index (χ1n) is 11.9. The average molecular weight is 487 g/mol. The van der Waals surface area contributed by atoms with Crippen molar-refractivity contribution in [2.75, 3.05) is 29.9 Å². The molecule has 6 nitrogen and oxygen atoms in total. The molecule has 2 aromatic rings. The zero-order valence-corrected chi connectivity index (χ0v) is 20.8. The van der Waals surface area contributed by atoms with E-state index in [0.717, 1.165) is 53.9 Å². The van der Waals surface area contributed by atoms with Crippen LogP contribution in [0.25, 0.3) is 0 Å². The Labute approximate surface area is 202 Å². The molecule has 1 aromatic heterocycles. The lowest BCUT2D eigenvalue weighted by Crippen LogP contribution is -2.62. The molecule has 6 rings (SSSR count). The quantitative estimate of drug-likeness (QED) is 0.656.